The molecule has 0 aliphatic heterocycles. The quantitative estimate of drug-likeness (QED) is 0.754. The number of carbonyl (C=O) groups is 2. The van der Waals surface area contributed by atoms with Crippen molar-refractivity contribution in [1.29, 1.82) is 0 Å². The van der Waals surface area contributed by atoms with Gasteiger partial charge in [0.1, 0.15) is 0 Å². The van der Waals surface area contributed by atoms with Crippen LogP contribution in [0.5, 0.6) is 0 Å². The predicted octanol–water partition coefficient (Wildman–Crippen LogP) is 1.94. The summed E-state index contributed by atoms with van der Waals surface area (Å²) < 4.78 is 0. The van der Waals surface area contributed by atoms with Crippen LogP contribution in [0.2, 0.25) is 0 Å². The molecule has 0 saturated heterocycles. The van der Waals surface area contributed by atoms with Crippen LogP contribution in [-0.2, 0) is 9.59 Å². The second-order valence-electron chi connectivity index (χ2n) is 4.86. The molecular formula is C12H21NO3. The number of amides is 1. The van der Waals surface area contributed by atoms with Crippen LogP contribution >= 0.6 is 0 Å². The molecule has 4 heteroatoms. The summed E-state index contributed by atoms with van der Waals surface area (Å²) in [7, 11) is 0. The van der Waals surface area contributed by atoms with Gasteiger partial charge in [0, 0.05) is 13.5 Å². The highest BCUT2D eigenvalue weighted by atomic mass is 16.4. The zero-order valence-electron chi connectivity index (χ0n) is 9.92. The molecular weight excluding hydrogens is 206 g/mol. The molecule has 0 bridgehead atoms. The van der Waals surface area contributed by atoms with E-state index in [-0.39, 0.29) is 17.7 Å². The van der Waals surface area contributed by atoms with Crippen molar-refractivity contribution >= 4 is 11.9 Å². The monoisotopic (exact) mass is 227 g/mol. The summed E-state index contributed by atoms with van der Waals surface area (Å²) in [6, 6.07) is 0. The molecule has 1 fully saturated rings. The van der Waals surface area contributed by atoms with Crippen molar-refractivity contribution in [3.8, 4) is 0 Å². The zero-order chi connectivity index (χ0) is 12.0. The number of aliphatic carboxylic acids is 1. The highest BCUT2D eigenvalue weighted by Crippen LogP contribution is 2.41. The lowest BCUT2D eigenvalue weighted by Gasteiger charge is -2.36. The topological polar surface area (TPSA) is 66.4 Å². The Kier molecular flexibility index (Phi) is 4.77. The molecule has 0 aromatic rings. The fourth-order valence-corrected chi connectivity index (χ4v) is 2.64. The molecule has 1 aliphatic carbocycles. The van der Waals surface area contributed by atoms with Gasteiger partial charge >= 0.3 is 5.97 Å². The molecule has 4 nitrogen and oxygen atoms in total. The second kappa shape index (κ2) is 5.87. The van der Waals surface area contributed by atoms with Crippen molar-refractivity contribution in [3.05, 3.63) is 0 Å². The van der Waals surface area contributed by atoms with Crippen molar-refractivity contribution in [2.75, 3.05) is 6.54 Å². The minimum absolute atomic E-state index is 0.0405. The van der Waals surface area contributed by atoms with Crippen LogP contribution in [-0.4, -0.2) is 23.5 Å². The maximum absolute atomic E-state index is 10.9. The third-order valence-electron chi connectivity index (χ3n) is 3.47. The number of hydrogen-bond acceptors (Lipinski definition) is 2. The molecule has 1 aliphatic rings. The van der Waals surface area contributed by atoms with Gasteiger partial charge in [-0.25, -0.2) is 0 Å². The molecule has 0 radical (unpaired) electrons. The minimum Gasteiger partial charge on any atom is -0.481 e. The van der Waals surface area contributed by atoms with Crippen molar-refractivity contribution in [3.63, 3.8) is 0 Å². The second-order valence-corrected chi connectivity index (χ2v) is 4.86. The molecule has 0 aromatic carbocycles. The van der Waals surface area contributed by atoms with Crippen LogP contribution in [0.4, 0.5) is 0 Å². The molecule has 0 atom stereocenters. The Hall–Kier alpha value is -1.06. The average Bonchev–Trinajstić information content (AvgIpc) is 2.17. The van der Waals surface area contributed by atoms with E-state index < -0.39 is 5.97 Å². The van der Waals surface area contributed by atoms with Crippen LogP contribution in [0.15, 0.2) is 0 Å². The fraction of sp³-hybridized carbons (Fsp3) is 0.833. The lowest BCUT2D eigenvalue weighted by atomic mass is 9.69. The normalized spacial score (nSPS) is 19.1. The summed E-state index contributed by atoms with van der Waals surface area (Å²) in [5.74, 6) is -0.758. The van der Waals surface area contributed by atoms with Crippen molar-refractivity contribution < 1.29 is 14.7 Å². The first-order valence-electron chi connectivity index (χ1n) is 6.00. The van der Waals surface area contributed by atoms with Crippen molar-refractivity contribution in [2.24, 2.45) is 5.41 Å². The van der Waals surface area contributed by atoms with E-state index >= 15 is 0 Å². The van der Waals surface area contributed by atoms with E-state index in [1.54, 1.807) is 0 Å². The largest absolute Gasteiger partial charge is 0.481 e. The standard InChI is InChI=1S/C12H21NO3/c1-10(14)13-8-7-12(9-11(15)16)5-3-2-4-6-12/h2-9H2,1H3,(H,13,14)(H,15,16). The zero-order valence-corrected chi connectivity index (χ0v) is 9.92. The van der Waals surface area contributed by atoms with Crippen molar-refractivity contribution in [2.45, 2.75) is 51.9 Å². The summed E-state index contributed by atoms with van der Waals surface area (Å²) in [6.07, 6.45) is 6.45. The van der Waals surface area contributed by atoms with Crippen LogP contribution < -0.4 is 5.32 Å². The Morgan fingerprint density at radius 1 is 1.25 bits per heavy atom. The lowest BCUT2D eigenvalue weighted by molar-refractivity contribution is -0.140. The number of carboxylic acids is 1. The van der Waals surface area contributed by atoms with Gasteiger partial charge in [0.15, 0.2) is 0 Å². The first-order chi connectivity index (χ1) is 7.54. The average molecular weight is 227 g/mol. The summed E-state index contributed by atoms with van der Waals surface area (Å²) >= 11 is 0. The molecule has 1 saturated carbocycles. The van der Waals surface area contributed by atoms with Gasteiger partial charge < -0.3 is 10.4 Å². The SMILES string of the molecule is CC(=O)NCCC1(CC(=O)O)CCCCC1. The maximum Gasteiger partial charge on any atom is 0.303 e. The third-order valence-corrected chi connectivity index (χ3v) is 3.47. The summed E-state index contributed by atoms with van der Waals surface area (Å²) in [5.41, 5.74) is -0.0769. The fourth-order valence-electron chi connectivity index (χ4n) is 2.64. The summed E-state index contributed by atoms with van der Waals surface area (Å²) in [6.45, 7) is 2.09. The summed E-state index contributed by atoms with van der Waals surface area (Å²) in [5, 5.41) is 11.7. The van der Waals surface area contributed by atoms with Crippen LogP contribution in [0, 0.1) is 5.41 Å². The molecule has 16 heavy (non-hydrogen) atoms. The van der Waals surface area contributed by atoms with E-state index in [0.29, 0.717) is 6.54 Å². The van der Waals surface area contributed by atoms with E-state index in [4.69, 9.17) is 5.11 Å². The molecule has 92 valence electrons. The summed E-state index contributed by atoms with van der Waals surface area (Å²) in [4.78, 5) is 21.7. The smallest absolute Gasteiger partial charge is 0.303 e. The van der Waals surface area contributed by atoms with Gasteiger partial charge in [-0.2, -0.15) is 0 Å². The number of carboxylic acid groups (broad SMARTS) is 1. The van der Waals surface area contributed by atoms with E-state index in [1.807, 2.05) is 0 Å². The molecule has 0 unspecified atom stereocenters. The third kappa shape index (κ3) is 4.21. The van der Waals surface area contributed by atoms with Gasteiger partial charge in [-0.15, -0.1) is 0 Å². The van der Waals surface area contributed by atoms with Gasteiger partial charge in [-0.3, -0.25) is 9.59 Å². The Bertz CT molecular complexity index is 257. The van der Waals surface area contributed by atoms with Crippen LogP contribution in [0.25, 0.3) is 0 Å². The first-order valence-corrected chi connectivity index (χ1v) is 6.00. The van der Waals surface area contributed by atoms with E-state index in [2.05, 4.69) is 5.32 Å². The highest BCUT2D eigenvalue weighted by Gasteiger charge is 2.33. The molecule has 0 aromatic heterocycles. The molecule has 1 rings (SSSR count). The van der Waals surface area contributed by atoms with Gasteiger partial charge in [0.05, 0.1) is 6.42 Å². The molecule has 0 heterocycles. The number of carbonyl (C=O) groups excluding carboxylic acids is 1. The molecule has 2 N–H and O–H groups in total. The number of hydrogen-bond donors (Lipinski definition) is 2. The predicted molar refractivity (Wildman–Crippen MR) is 61.1 cm³/mol. The maximum atomic E-state index is 10.9. The number of nitrogens with one attached hydrogen (secondary N) is 1. The van der Waals surface area contributed by atoms with Crippen LogP contribution in [0.1, 0.15) is 51.9 Å². The number of rotatable bonds is 5. The van der Waals surface area contributed by atoms with Gasteiger partial charge in [-0.05, 0) is 24.7 Å². The van der Waals surface area contributed by atoms with Crippen LogP contribution in [0.3, 0.4) is 0 Å². The van der Waals surface area contributed by atoms with Gasteiger partial charge in [-0.1, -0.05) is 19.3 Å². The first kappa shape index (κ1) is 13.0. The Morgan fingerprint density at radius 2 is 1.88 bits per heavy atom. The van der Waals surface area contributed by atoms with Gasteiger partial charge in [0.25, 0.3) is 0 Å². The van der Waals surface area contributed by atoms with Crippen molar-refractivity contribution in [1.82, 2.24) is 5.32 Å². The Balaban J connectivity index is 2.48. The van der Waals surface area contributed by atoms with Gasteiger partial charge in [0.2, 0.25) is 5.91 Å². The Morgan fingerprint density at radius 3 is 2.38 bits per heavy atom. The minimum atomic E-state index is -0.718. The van der Waals surface area contributed by atoms with E-state index in [9.17, 15) is 9.59 Å². The van der Waals surface area contributed by atoms with E-state index in [0.717, 1.165) is 32.1 Å². The molecule has 1 amide bonds. The highest BCUT2D eigenvalue weighted by molar-refractivity contribution is 5.72. The van der Waals surface area contributed by atoms with E-state index in [1.165, 1.54) is 13.3 Å². The molecule has 0 spiro atoms. The lowest BCUT2D eigenvalue weighted by Crippen LogP contribution is -2.32. The Labute approximate surface area is 96.4 Å².